The molecule has 1 atom stereocenters. The molecule has 1 N–H and O–H groups in total. The molecule has 0 unspecified atom stereocenters. The first-order valence-electron chi connectivity index (χ1n) is 8.87. The molecule has 4 rings (SSSR count). The van der Waals surface area contributed by atoms with E-state index in [1.54, 1.807) is 7.11 Å². The van der Waals surface area contributed by atoms with E-state index in [2.05, 4.69) is 22.3 Å². The molecule has 0 bridgehead atoms. The number of nitrogens with one attached hydrogen (secondary N) is 1. The molecule has 3 aliphatic rings. The lowest BCUT2D eigenvalue weighted by Crippen LogP contribution is -2.47. The summed E-state index contributed by atoms with van der Waals surface area (Å²) >= 11 is 0. The van der Waals surface area contributed by atoms with E-state index >= 15 is 0 Å². The van der Waals surface area contributed by atoms with Gasteiger partial charge in [0.2, 0.25) is 12.5 Å². The van der Waals surface area contributed by atoms with E-state index in [4.69, 9.17) is 18.9 Å². The van der Waals surface area contributed by atoms with E-state index in [1.165, 1.54) is 5.56 Å². The summed E-state index contributed by atoms with van der Waals surface area (Å²) in [4.78, 5) is 2.60. The number of nitrogens with zero attached hydrogens (tertiary/aromatic N) is 1. The Balaban J connectivity index is 1.69. The number of piperazine rings is 1. The SMILES string of the molecule is COc1cc([C@@H](C2CCOCC2)N2CCNCC2)cc2c1OCO2. The molecule has 24 heavy (non-hydrogen) atoms. The normalized spacial score (nSPS) is 23.2. The molecule has 132 valence electrons. The second-order valence-corrected chi connectivity index (χ2v) is 6.64. The Morgan fingerprint density at radius 1 is 1.17 bits per heavy atom. The largest absolute Gasteiger partial charge is 0.493 e. The second-order valence-electron chi connectivity index (χ2n) is 6.64. The van der Waals surface area contributed by atoms with Gasteiger partial charge in [0.15, 0.2) is 11.5 Å². The molecule has 1 aromatic rings. The molecule has 0 spiro atoms. The van der Waals surface area contributed by atoms with Crippen molar-refractivity contribution in [3.8, 4) is 17.2 Å². The summed E-state index contributed by atoms with van der Waals surface area (Å²) in [5.74, 6) is 2.90. The first-order valence-corrected chi connectivity index (χ1v) is 8.87. The van der Waals surface area contributed by atoms with Crippen LogP contribution in [0.1, 0.15) is 24.4 Å². The Morgan fingerprint density at radius 3 is 2.71 bits per heavy atom. The van der Waals surface area contributed by atoms with E-state index in [1.807, 2.05) is 0 Å². The summed E-state index contributed by atoms with van der Waals surface area (Å²) in [6, 6.07) is 4.65. The van der Waals surface area contributed by atoms with Gasteiger partial charge in [0.25, 0.3) is 0 Å². The fourth-order valence-corrected chi connectivity index (χ4v) is 4.09. The molecule has 0 aliphatic carbocycles. The molecule has 0 aromatic heterocycles. The van der Waals surface area contributed by atoms with Gasteiger partial charge in [0.1, 0.15) is 0 Å². The number of hydrogen-bond acceptors (Lipinski definition) is 6. The number of rotatable bonds is 4. The first-order chi connectivity index (χ1) is 11.9. The zero-order chi connectivity index (χ0) is 16.4. The summed E-state index contributed by atoms with van der Waals surface area (Å²) in [6.07, 6.45) is 2.21. The van der Waals surface area contributed by atoms with Gasteiger partial charge in [-0.2, -0.15) is 0 Å². The van der Waals surface area contributed by atoms with Gasteiger partial charge in [-0.3, -0.25) is 4.90 Å². The first kappa shape index (κ1) is 16.0. The molecular formula is C18H26N2O4. The molecular weight excluding hydrogens is 308 g/mol. The molecule has 6 heteroatoms. The van der Waals surface area contributed by atoms with Gasteiger partial charge in [0.05, 0.1) is 7.11 Å². The predicted octanol–water partition coefficient (Wildman–Crippen LogP) is 1.80. The molecule has 6 nitrogen and oxygen atoms in total. The van der Waals surface area contributed by atoms with Crippen molar-refractivity contribution in [2.24, 2.45) is 5.92 Å². The zero-order valence-corrected chi connectivity index (χ0v) is 14.3. The van der Waals surface area contributed by atoms with Crippen molar-refractivity contribution >= 4 is 0 Å². The van der Waals surface area contributed by atoms with E-state index in [0.717, 1.165) is 69.5 Å². The van der Waals surface area contributed by atoms with Crippen molar-refractivity contribution in [1.29, 1.82) is 0 Å². The van der Waals surface area contributed by atoms with Crippen LogP contribution in [0.4, 0.5) is 0 Å². The summed E-state index contributed by atoms with van der Waals surface area (Å²) in [7, 11) is 1.69. The van der Waals surface area contributed by atoms with Crippen LogP contribution >= 0.6 is 0 Å². The van der Waals surface area contributed by atoms with Crippen LogP contribution in [0.2, 0.25) is 0 Å². The minimum Gasteiger partial charge on any atom is -0.493 e. The lowest BCUT2D eigenvalue weighted by molar-refractivity contribution is 0.0212. The number of ether oxygens (including phenoxy) is 4. The monoisotopic (exact) mass is 334 g/mol. The Kier molecular flexibility index (Phi) is 4.78. The van der Waals surface area contributed by atoms with Gasteiger partial charge in [-0.15, -0.1) is 0 Å². The number of fused-ring (bicyclic) bond motifs is 1. The summed E-state index contributed by atoms with van der Waals surface area (Å²) in [6.45, 7) is 6.20. The van der Waals surface area contributed by atoms with Gasteiger partial charge in [0, 0.05) is 45.4 Å². The van der Waals surface area contributed by atoms with Crippen molar-refractivity contribution in [3.63, 3.8) is 0 Å². The minimum atomic E-state index is 0.269. The van der Waals surface area contributed by atoms with Gasteiger partial charge in [-0.25, -0.2) is 0 Å². The molecule has 3 heterocycles. The lowest BCUT2D eigenvalue weighted by Gasteiger charge is -2.41. The smallest absolute Gasteiger partial charge is 0.231 e. The summed E-state index contributed by atoms with van der Waals surface area (Å²) in [5.41, 5.74) is 1.27. The molecule has 0 amide bonds. The third kappa shape index (κ3) is 3.06. The number of benzene rings is 1. The number of hydrogen-bond donors (Lipinski definition) is 1. The highest BCUT2D eigenvalue weighted by Gasteiger charge is 2.33. The van der Waals surface area contributed by atoms with Crippen molar-refractivity contribution in [2.45, 2.75) is 18.9 Å². The van der Waals surface area contributed by atoms with Crippen LogP contribution in [-0.4, -0.2) is 58.2 Å². The van der Waals surface area contributed by atoms with Crippen LogP contribution in [0.3, 0.4) is 0 Å². The van der Waals surface area contributed by atoms with Crippen LogP contribution in [0.25, 0.3) is 0 Å². The number of methoxy groups -OCH3 is 1. The lowest BCUT2D eigenvalue weighted by atomic mass is 9.85. The van der Waals surface area contributed by atoms with Crippen molar-refractivity contribution in [3.05, 3.63) is 17.7 Å². The van der Waals surface area contributed by atoms with Gasteiger partial charge in [-0.1, -0.05) is 0 Å². The van der Waals surface area contributed by atoms with Crippen molar-refractivity contribution in [1.82, 2.24) is 10.2 Å². The highest BCUT2D eigenvalue weighted by Crippen LogP contribution is 2.46. The average molecular weight is 334 g/mol. The highest BCUT2D eigenvalue weighted by molar-refractivity contribution is 5.55. The van der Waals surface area contributed by atoms with Crippen molar-refractivity contribution < 1.29 is 18.9 Å². The third-order valence-corrected chi connectivity index (χ3v) is 5.28. The van der Waals surface area contributed by atoms with Crippen LogP contribution in [0.5, 0.6) is 17.2 Å². The third-order valence-electron chi connectivity index (χ3n) is 5.28. The Labute approximate surface area is 143 Å². The maximum absolute atomic E-state index is 5.65. The summed E-state index contributed by atoms with van der Waals surface area (Å²) in [5, 5.41) is 3.45. The van der Waals surface area contributed by atoms with Crippen LogP contribution in [0, 0.1) is 5.92 Å². The summed E-state index contributed by atoms with van der Waals surface area (Å²) < 4.78 is 22.4. The van der Waals surface area contributed by atoms with Gasteiger partial charge >= 0.3 is 0 Å². The molecule has 0 radical (unpaired) electrons. The predicted molar refractivity (Wildman–Crippen MR) is 89.8 cm³/mol. The van der Waals surface area contributed by atoms with Crippen LogP contribution in [0.15, 0.2) is 12.1 Å². The van der Waals surface area contributed by atoms with Gasteiger partial charge in [-0.05, 0) is 36.5 Å². The minimum absolute atomic E-state index is 0.269. The van der Waals surface area contributed by atoms with Crippen LogP contribution < -0.4 is 19.5 Å². The zero-order valence-electron chi connectivity index (χ0n) is 14.3. The van der Waals surface area contributed by atoms with Crippen LogP contribution in [-0.2, 0) is 4.74 Å². The maximum atomic E-state index is 5.65. The average Bonchev–Trinajstić information content (AvgIpc) is 3.12. The standard InChI is InChI=1S/C18H26N2O4/c1-21-15-10-14(11-16-18(15)24-12-23-16)17(13-2-8-22-9-3-13)20-6-4-19-5-7-20/h10-11,13,17,19H,2-9,12H2,1H3/t17-/m1/s1. The van der Waals surface area contributed by atoms with E-state index in [0.29, 0.717) is 12.0 Å². The molecule has 3 aliphatic heterocycles. The fraction of sp³-hybridized carbons (Fsp3) is 0.667. The Morgan fingerprint density at radius 2 is 1.96 bits per heavy atom. The Hall–Kier alpha value is -1.50. The molecule has 2 saturated heterocycles. The highest BCUT2D eigenvalue weighted by atomic mass is 16.7. The van der Waals surface area contributed by atoms with Gasteiger partial charge < -0.3 is 24.3 Å². The van der Waals surface area contributed by atoms with E-state index < -0.39 is 0 Å². The molecule has 2 fully saturated rings. The maximum Gasteiger partial charge on any atom is 0.231 e. The quantitative estimate of drug-likeness (QED) is 0.906. The van der Waals surface area contributed by atoms with E-state index in [9.17, 15) is 0 Å². The van der Waals surface area contributed by atoms with Crippen molar-refractivity contribution in [2.75, 3.05) is 53.3 Å². The molecule has 0 saturated carbocycles. The second kappa shape index (κ2) is 7.17. The fourth-order valence-electron chi connectivity index (χ4n) is 4.09. The molecule has 1 aromatic carbocycles. The topological polar surface area (TPSA) is 52.2 Å². The van der Waals surface area contributed by atoms with E-state index in [-0.39, 0.29) is 6.79 Å². The Bertz CT molecular complexity index is 550.